The second kappa shape index (κ2) is 4.13. The molecule has 0 aromatic carbocycles. The van der Waals surface area contributed by atoms with E-state index >= 15 is 0 Å². The van der Waals surface area contributed by atoms with Gasteiger partial charge < -0.3 is 10.2 Å². The smallest absolute Gasteiger partial charge is 0.150 e. The van der Waals surface area contributed by atoms with Crippen LogP contribution < -0.4 is 10.2 Å². The van der Waals surface area contributed by atoms with Crippen molar-refractivity contribution >= 4 is 11.5 Å². The van der Waals surface area contributed by atoms with Crippen LogP contribution in [0.3, 0.4) is 0 Å². The highest BCUT2D eigenvalue weighted by Crippen LogP contribution is 2.31. The van der Waals surface area contributed by atoms with Gasteiger partial charge in [0.15, 0.2) is 5.82 Å². The Morgan fingerprint density at radius 2 is 2.20 bits per heavy atom. The highest BCUT2D eigenvalue weighted by molar-refractivity contribution is 5.71. The minimum absolute atomic E-state index is 0.943. The van der Waals surface area contributed by atoms with Gasteiger partial charge in [0, 0.05) is 26.2 Å². The predicted octanol–water partition coefficient (Wildman–Crippen LogP) is 1.85. The molecule has 1 aromatic heterocycles. The number of aromatic nitrogens is 2. The van der Waals surface area contributed by atoms with E-state index in [-0.39, 0.29) is 0 Å². The molecule has 0 unspecified atom stereocenters. The van der Waals surface area contributed by atoms with Crippen LogP contribution in [0.5, 0.6) is 0 Å². The quantitative estimate of drug-likeness (QED) is 0.823. The second-order valence-corrected chi connectivity index (χ2v) is 4.01. The molecule has 84 valence electrons. The fourth-order valence-electron chi connectivity index (χ4n) is 2.23. The van der Waals surface area contributed by atoms with E-state index in [9.17, 15) is 0 Å². The molecule has 2 rings (SSSR count). The predicted molar refractivity (Wildman–Crippen MR) is 63.6 cm³/mol. The SMILES string of the molecule is CCCN1CCNc2c(C)nn(CC)c21. The lowest BCUT2D eigenvalue weighted by molar-refractivity contribution is 0.624. The summed E-state index contributed by atoms with van der Waals surface area (Å²) in [5, 5.41) is 8.00. The molecule has 1 aliphatic heterocycles. The van der Waals surface area contributed by atoms with E-state index in [1.807, 2.05) is 0 Å². The number of hydrogen-bond donors (Lipinski definition) is 1. The summed E-state index contributed by atoms with van der Waals surface area (Å²) in [6.07, 6.45) is 1.19. The van der Waals surface area contributed by atoms with Crippen LogP contribution >= 0.6 is 0 Å². The monoisotopic (exact) mass is 208 g/mol. The van der Waals surface area contributed by atoms with Crippen LogP contribution in [-0.4, -0.2) is 29.4 Å². The van der Waals surface area contributed by atoms with E-state index in [0.717, 1.165) is 31.9 Å². The lowest BCUT2D eigenvalue weighted by Gasteiger charge is -2.30. The molecule has 4 nitrogen and oxygen atoms in total. The van der Waals surface area contributed by atoms with Gasteiger partial charge in [0.2, 0.25) is 0 Å². The molecule has 0 atom stereocenters. The van der Waals surface area contributed by atoms with Gasteiger partial charge in [0.25, 0.3) is 0 Å². The molecule has 15 heavy (non-hydrogen) atoms. The van der Waals surface area contributed by atoms with Gasteiger partial charge in [-0.3, -0.25) is 0 Å². The maximum absolute atomic E-state index is 4.56. The first-order chi connectivity index (χ1) is 7.27. The lowest BCUT2D eigenvalue weighted by Crippen LogP contribution is -2.35. The molecule has 0 bridgehead atoms. The number of nitrogens with one attached hydrogen (secondary N) is 1. The Hall–Kier alpha value is -1.19. The van der Waals surface area contributed by atoms with Crippen LogP contribution in [0.1, 0.15) is 26.0 Å². The number of anilines is 2. The average molecular weight is 208 g/mol. The van der Waals surface area contributed by atoms with Crippen molar-refractivity contribution in [3.63, 3.8) is 0 Å². The molecule has 1 aromatic rings. The second-order valence-electron chi connectivity index (χ2n) is 4.01. The summed E-state index contributed by atoms with van der Waals surface area (Å²) in [4.78, 5) is 2.44. The third-order valence-electron chi connectivity index (χ3n) is 2.88. The number of aryl methyl sites for hydroxylation is 2. The Morgan fingerprint density at radius 1 is 1.40 bits per heavy atom. The molecule has 0 amide bonds. The van der Waals surface area contributed by atoms with E-state index in [4.69, 9.17) is 0 Å². The topological polar surface area (TPSA) is 33.1 Å². The van der Waals surface area contributed by atoms with Crippen molar-refractivity contribution in [2.45, 2.75) is 33.7 Å². The largest absolute Gasteiger partial charge is 0.379 e. The number of nitrogens with zero attached hydrogens (tertiary/aromatic N) is 3. The van der Waals surface area contributed by atoms with E-state index < -0.39 is 0 Å². The summed E-state index contributed by atoms with van der Waals surface area (Å²) >= 11 is 0. The van der Waals surface area contributed by atoms with E-state index in [1.54, 1.807) is 0 Å². The number of fused-ring (bicyclic) bond motifs is 1. The maximum atomic E-state index is 4.56. The fraction of sp³-hybridized carbons (Fsp3) is 0.727. The van der Waals surface area contributed by atoms with Crippen molar-refractivity contribution in [1.82, 2.24) is 9.78 Å². The normalized spacial score (nSPS) is 15.0. The van der Waals surface area contributed by atoms with Gasteiger partial charge >= 0.3 is 0 Å². The third-order valence-corrected chi connectivity index (χ3v) is 2.88. The molecule has 4 heteroatoms. The van der Waals surface area contributed by atoms with Gasteiger partial charge in [-0.25, -0.2) is 4.68 Å². The first kappa shape index (κ1) is 10.3. The van der Waals surface area contributed by atoms with Crippen LogP contribution in [0.2, 0.25) is 0 Å². The van der Waals surface area contributed by atoms with E-state index in [2.05, 4.69) is 40.8 Å². The zero-order valence-corrected chi connectivity index (χ0v) is 9.88. The Morgan fingerprint density at radius 3 is 2.87 bits per heavy atom. The first-order valence-corrected chi connectivity index (χ1v) is 5.84. The average Bonchev–Trinajstić information content (AvgIpc) is 2.58. The van der Waals surface area contributed by atoms with Crippen molar-refractivity contribution in [3.05, 3.63) is 5.69 Å². The van der Waals surface area contributed by atoms with Gasteiger partial charge in [-0.05, 0) is 20.3 Å². The summed E-state index contributed by atoms with van der Waals surface area (Å²) in [5.74, 6) is 1.28. The molecule has 0 aliphatic carbocycles. The van der Waals surface area contributed by atoms with Crippen molar-refractivity contribution < 1.29 is 0 Å². The zero-order valence-electron chi connectivity index (χ0n) is 9.88. The number of hydrogen-bond acceptors (Lipinski definition) is 3. The van der Waals surface area contributed by atoms with Gasteiger partial charge in [-0.1, -0.05) is 6.92 Å². The molecule has 0 spiro atoms. The van der Waals surface area contributed by atoms with Crippen molar-refractivity contribution in [3.8, 4) is 0 Å². The van der Waals surface area contributed by atoms with Gasteiger partial charge in [-0.2, -0.15) is 5.10 Å². The molecule has 0 radical (unpaired) electrons. The van der Waals surface area contributed by atoms with E-state index in [1.165, 1.54) is 17.9 Å². The highest BCUT2D eigenvalue weighted by Gasteiger charge is 2.23. The van der Waals surface area contributed by atoms with Crippen molar-refractivity contribution in [2.24, 2.45) is 0 Å². The first-order valence-electron chi connectivity index (χ1n) is 5.84. The fourth-order valence-corrected chi connectivity index (χ4v) is 2.23. The van der Waals surface area contributed by atoms with Crippen molar-refractivity contribution in [1.29, 1.82) is 0 Å². The minimum Gasteiger partial charge on any atom is -0.379 e. The molecule has 0 saturated heterocycles. The van der Waals surface area contributed by atoms with Crippen LogP contribution in [0.25, 0.3) is 0 Å². The molecule has 1 N–H and O–H groups in total. The molecular weight excluding hydrogens is 188 g/mol. The van der Waals surface area contributed by atoms with Gasteiger partial charge in [-0.15, -0.1) is 0 Å². The van der Waals surface area contributed by atoms with Gasteiger partial charge in [0.05, 0.1) is 5.69 Å². The molecule has 0 saturated carbocycles. The van der Waals surface area contributed by atoms with Gasteiger partial charge in [0.1, 0.15) is 5.69 Å². The van der Waals surface area contributed by atoms with Crippen LogP contribution in [0.4, 0.5) is 11.5 Å². The number of rotatable bonds is 3. The molecule has 0 fully saturated rings. The molecule has 2 heterocycles. The van der Waals surface area contributed by atoms with Crippen LogP contribution in [-0.2, 0) is 6.54 Å². The summed E-state index contributed by atoms with van der Waals surface area (Å²) < 4.78 is 2.10. The lowest BCUT2D eigenvalue weighted by atomic mass is 10.2. The minimum atomic E-state index is 0.943. The Kier molecular flexibility index (Phi) is 2.84. The Balaban J connectivity index is 2.39. The Bertz CT molecular complexity index is 343. The summed E-state index contributed by atoms with van der Waals surface area (Å²) in [6.45, 7) is 10.6. The summed E-state index contributed by atoms with van der Waals surface area (Å²) in [7, 11) is 0. The summed E-state index contributed by atoms with van der Waals surface area (Å²) in [5.41, 5.74) is 2.35. The molecular formula is C11H20N4. The summed E-state index contributed by atoms with van der Waals surface area (Å²) in [6, 6.07) is 0. The van der Waals surface area contributed by atoms with E-state index in [0.29, 0.717) is 0 Å². The zero-order chi connectivity index (χ0) is 10.8. The molecule has 1 aliphatic rings. The standard InChI is InChI=1S/C11H20N4/c1-4-7-14-8-6-12-10-9(3)13-15(5-2)11(10)14/h12H,4-8H2,1-3H3. The highest BCUT2D eigenvalue weighted by atomic mass is 15.4. The van der Waals surface area contributed by atoms with Crippen LogP contribution in [0.15, 0.2) is 0 Å². The van der Waals surface area contributed by atoms with Crippen molar-refractivity contribution in [2.75, 3.05) is 29.9 Å². The maximum Gasteiger partial charge on any atom is 0.150 e. The Labute approximate surface area is 91.3 Å². The van der Waals surface area contributed by atoms with Crippen LogP contribution in [0, 0.1) is 6.92 Å². The third kappa shape index (κ3) is 1.68.